The van der Waals surface area contributed by atoms with E-state index in [-0.39, 0.29) is 11.3 Å². The number of nitrogen functional groups attached to an aromatic ring is 1. The summed E-state index contributed by atoms with van der Waals surface area (Å²) in [7, 11) is 0. The average Bonchev–Trinajstić information content (AvgIpc) is 2.36. The number of hydrogen-bond donors (Lipinski definition) is 2. The number of hydrogen-bond acceptors (Lipinski definition) is 2. The number of carbonyl (C=O) groups is 1. The molecular formula is C16H25BrN2O. The minimum absolute atomic E-state index is 0.0985. The van der Waals surface area contributed by atoms with Crippen molar-refractivity contribution in [2.75, 3.05) is 12.3 Å². The zero-order valence-corrected chi connectivity index (χ0v) is 14.2. The third-order valence-corrected chi connectivity index (χ3v) is 3.94. The van der Waals surface area contributed by atoms with Gasteiger partial charge in [0.2, 0.25) is 0 Å². The van der Waals surface area contributed by atoms with E-state index in [0.29, 0.717) is 17.8 Å². The second kappa shape index (κ2) is 7.67. The van der Waals surface area contributed by atoms with E-state index in [4.69, 9.17) is 5.73 Å². The van der Waals surface area contributed by atoms with Gasteiger partial charge in [-0.2, -0.15) is 0 Å². The Hall–Kier alpha value is -1.03. The third kappa shape index (κ3) is 5.53. The van der Waals surface area contributed by atoms with E-state index >= 15 is 0 Å². The normalized spacial score (nSPS) is 11.4. The van der Waals surface area contributed by atoms with Crippen LogP contribution >= 0.6 is 15.9 Å². The molecule has 0 radical (unpaired) electrons. The van der Waals surface area contributed by atoms with Crippen molar-refractivity contribution < 1.29 is 4.79 Å². The standard InChI is InChI=1S/C16H25BrN2O/c1-4-5-6-9-16(2,3)11-19-15(20)13-8-7-12(17)10-14(13)18/h7-8,10H,4-6,9,11,18H2,1-3H3,(H,19,20). The third-order valence-electron chi connectivity index (χ3n) is 3.44. The summed E-state index contributed by atoms with van der Waals surface area (Å²) in [6.07, 6.45) is 4.80. The number of halogens is 1. The monoisotopic (exact) mass is 340 g/mol. The molecule has 3 nitrogen and oxygen atoms in total. The van der Waals surface area contributed by atoms with Crippen LogP contribution < -0.4 is 11.1 Å². The molecule has 0 aliphatic rings. The van der Waals surface area contributed by atoms with E-state index in [0.717, 1.165) is 10.9 Å². The molecule has 0 saturated carbocycles. The quantitative estimate of drug-likeness (QED) is 0.572. The van der Waals surface area contributed by atoms with Gasteiger partial charge in [-0.25, -0.2) is 0 Å². The molecule has 0 saturated heterocycles. The Labute approximate surface area is 130 Å². The summed E-state index contributed by atoms with van der Waals surface area (Å²) in [5, 5.41) is 2.99. The molecule has 112 valence electrons. The number of nitrogens with one attached hydrogen (secondary N) is 1. The molecule has 0 atom stereocenters. The minimum atomic E-state index is -0.0985. The van der Waals surface area contributed by atoms with Gasteiger partial charge in [0.25, 0.3) is 5.91 Å². The van der Waals surface area contributed by atoms with Crippen molar-refractivity contribution >= 4 is 27.5 Å². The Bertz CT molecular complexity index is 458. The summed E-state index contributed by atoms with van der Waals surface area (Å²) in [5.74, 6) is -0.0985. The maximum absolute atomic E-state index is 12.1. The smallest absolute Gasteiger partial charge is 0.253 e. The van der Waals surface area contributed by atoms with Crippen LogP contribution in [0, 0.1) is 5.41 Å². The second-order valence-electron chi connectivity index (χ2n) is 6.04. The van der Waals surface area contributed by atoms with E-state index in [2.05, 4.69) is 42.0 Å². The van der Waals surface area contributed by atoms with Crippen LogP contribution in [0.25, 0.3) is 0 Å². The SMILES string of the molecule is CCCCCC(C)(C)CNC(=O)c1ccc(Br)cc1N. The number of anilines is 1. The van der Waals surface area contributed by atoms with E-state index in [1.165, 1.54) is 19.3 Å². The first kappa shape index (κ1) is 17.0. The van der Waals surface area contributed by atoms with Gasteiger partial charge in [0.15, 0.2) is 0 Å². The number of unbranched alkanes of at least 4 members (excludes halogenated alkanes) is 2. The Morgan fingerprint density at radius 1 is 1.35 bits per heavy atom. The van der Waals surface area contributed by atoms with Gasteiger partial charge in [0, 0.05) is 16.7 Å². The summed E-state index contributed by atoms with van der Waals surface area (Å²) in [4.78, 5) is 12.1. The number of nitrogens with two attached hydrogens (primary N) is 1. The lowest BCUT2D eigenvalue weighted by molar-refractivity contribution is 0.0935. The highest BCUT2D eigenvalue weighted by atomic mass is 79.9. The molecule has 0 aromatic heterocycles. The van der Waals surface area contributed by atoms with E-state index in [9.17, 15) is 4.79 Å². The van der Waals surface area contributed by atoms with E-state index < -0.39 is 0 Å². The van der Waals surface area contributed by atoms with Gasteiger partial charge < -0.3 is 11.1 Å². The fraction of sp³-hybridized carbons (Fsp3) is 0.562. The summed E-state index contributed by atoms with van der Waals surface area (Å²) >= 11 is 3.34. The average molecular weight is 341 g/mol. The topological polar surface area (TPSA) is 55.1 Å². The van der Waals surface area contributed by atoms with E-state index in [1.807, 2.05) is 6.07 Å². The maximum atomic E-state index is 12.1. The molecule has 0 heterocycles. The number of amides is 1. The first-order valence-corrected chi connectivity index (χ1v) is 7.98. The van der Waals surface area contributed by atoms with Gasteiger partial charge in [-0.05, 0) is 30.0 Å². The van der Waals surface area contributed by atoms with Gasteiger partial charge >= 0.3 is 0 Å². The molecule has 0 aliphatic carbocycles. The predicted octanol–water partition coefficient (Wildman–Crippen LogP) is 4.37. The Balaban J connectivity index is 2.54. The zero-order chi connectivity index (χ0) is 15.2. The van der Waals surface area contributed by atoms with Crippen LogP contribution in [0.3, 0.4) is 0 Å². The fourth-order valence-electron chi connectivity index (χ4n) is 2.10. The van der Waals surface area contributed by atoms with Crippen molar-refractivity contribution in [3.63, 3.8) is 0 Å². The van der Waals surface area contributed by atoms with Crippen LogP contribution in [-0.2, 0) is 0 Å². The van der Waals surface area contributed by atoms with Crippen LogP contribution in [0.2, 0.25) is 0 Å². The summed E-state index contributed by atoms with van der Waals surface area (Å²) in [6, 6.07) is 5.33. The highest BCUT2D eigenvalue weighted by molar-refractivity contribution is 9.10. The molecular weight excluding hydrogens is 316 g/mol. The fourth-order valence-corrected chi connectivity index (χ4v) is 2.48. The summed E-state index contributed by atoms with van der Waals surface area (Å²) in [5.41, 5.74) is 7.03. The van der Waals surface area contributed by atoms with Crippen molar-refractivity contribution in [1.29, 1.82) is 0 Å². The van der Waals surface area contributed by atoms with Crippen molar-refractivity contribution in [2.45, 2.75) is 46.5 Å². The minimum Gasteiger partial charge on any atom is -0.398 e. The highest BCUT2D eigenvalue weighted by Gasteiger charge is 2.19. The first-order valence-electron chi connectivity index (χ1n) is 7.19. The van der Waals surface area contributed by atoms with Crippen LogP contribution in [0.4, 0.5) is 5.69 Å². The van der Waals surface area contributed by atoms with Crippen molar-refractivity contribution in [3.8, 4) is 0 Å². The highest BCUT2D eigenvalue weighted by Crippen LogP contribution is 2.23. The molecule has 1 rings (SSSR count). The first-order chi connectivity index (χ1) is 9.35. The lowest BCUT2D eigenvalue weighted by atomic mass is 9.87. The molecule has 0 unspecified atom stereocenters. The van der Waals surface area contributed by atoms with Gasteiger partial charge in [-0.15, -0.1) is 0 Å². The summed E-state index contributed by atoms with van der Waals surface area (Å²) < 4.78 is 0.881. The Kier molecular flexibility index (Phi) is 6.53. The molecule has 1 aromatic carbocycles. The molecule has 0 fully saturated rings. The Morgan fingerprint density at radius 2 is 2.05 bits per heavy atom. The van der Waals surface area contributed by atoms with Crippen molar-refractivity contribution in [2.24, 2.45) is 5.41 Å². The van der Waals surface area contributed by atoms with E-state index in [1.54, 1.807) is 12.1 Å². The second-order valence-corrected chi connectivity index (χ2v) is 6.95. The van der Waals surface area contributed by atoms with Crippen LogP contribution in [0.15, 0.2) is 22.7 Å². The van der Waals surface area contributed by atoms with Crippen LogP contribution in [0.1, 0.15) is 56.8 Å². The maximum Gasteiger partial charge on any atom is 0.253 e. The molecule has 1 aromatic rings. The van der Waals surface area contributed by atoms with Crippen LogP contribution in [-0.4, -0.2) is 12.5 Å². The van der Waals surface area contributed by atoms with Crippen LogP contribution in [0.5, 0.6) is 0 Å². The number of rotatable bonds is 7. The van der Waals surface area contributed by atoms with Gasteiger partial charge in [-0.3, -0.25) is 4.79 Å². The molecule has 1 amide bonds. The van der Waals surface area contributed by atoms with Crippen molar-refractivity contribution in [3.05, 3.63) is 28.2 Å². The molecule has 3 N–H and O–H groups in total. The van der Waals surface area contributed by atoms with Crippen molar-refractivity contribution in [1.82, 2.24) is 5.32 Å². The van der Waals surface area contributed by atoms with Gasteiger partial charge in [0.1, 0.15) is 0 Å². The molecule has 0 aliphatic heterocycles. The number of carbonyl (C=O) groups excluding carboxylic acids is 1. The van der Waals surface area contributed by atoms with Gasteiger partial charge in [-0.1, -0.05) is 56.0 Å². The predicted molar refractivity (Wildman–Crippen MR) is 88.8 cm³/mol. The lowest BCUT2D eigenvalue weighted by Crippen LogP contribution is -2.34. The lowest BCUT2D eigenvalue weighted by Gasteiger charge is -2.25. The van der Waals surface area contributed by atoms with Gasteiger partial charge in [0.05, 0.1) is 5.56 Å². The summed E-state index contributed by atoms with van der Waals surface area (Å²) in [6.45, 7) is 7.25. The molecule has 4 heteroatoms. The number of benzene rings is 1. The Morgan fingerprint density at radius 3 is 2.65 bits per heavy atom. The molecule has 20 heavy (non-hydrogen) atoms. The largest absolute Gasteiger partial charge is 0.398 e. The molecule has 0 spiro atoms. The molecule has 0 bridgehead atoms. The zero-order valence-electron chi connectivity index (χ0n) is 12.6.